The number of anilines is 2. The van der Waals surface area contributed by atoms with Crippen molar-refractivity contribution in [1.29, 1.82) is 0 Å². The molecular weight excluding hydrogens is 240 g/mol. The summed E-state index contributed by atoms with van der Waals surface area (Å²) >= 11 is 0. The number of carbonyl (C=O) groups is 1. The standard InChI is InChI=1S/C15H24N2O2/c1-3-5-6-7-8-11-9-10-12(14(17)13(11)16)15(18)19-4-2/h9-10H,3-8,16-17H2,1-2H3. The van der Waals surface area contributed by atoms with Gasteiger partial charge in [-0.15, -0.1) is 0 Å². The first kappa shape index (κ1) is 15.3. The van der Waals surface area contributed by atoms with Crippen LogP contribution < -0.4 is 11.5 Å². The third-order valence-electron chi connectivity index (χ3n) is 3.17. The van der Waals surface area contributed by atoms with Gasteiger partial charge in [-0.05, 0) is 31.4 Å². The highest BCUT2D eigenvalue weighted by Gasteiger charge is 2.14. The van der Waals surface area contributed by atoms with Gasteiger partial charge in [-0.25, -0.2) is 4.79 Å². The van der Waals surface area contributed by atoms with Crippen LogP contribution in [-0.4, -0.2) is 12.6 Å². The minimum Gasteiger partial charge on any atom is -0.462 e. The number of aryl methyl sites for hydroxylation is 1. The van der Waals surface area contributed by atoms with E-state index in [1.54, 1.807) is 13.0 Å². The summed E-state index contributed by atoms with van der Waals surface area (Å²) < 4.78 is 4.94. The maximum absolute atomic E-state index is 11.7. The van der Waals surface area contributed by atoms with Crippen molar-refractivity contribution in [2.24, 2.45) is 0 Å². The second-order valence-corrected chi connectivity index (χ2v) is 4.63. The van der Waals surface area contributed by atoms with Crippen LogP contribution in [0.4, 0.5) is 11.4 Å². The lowest BCUT2D eigenvalue weighted by atomic mass is 10.0. The summed E-state index contributed by atoms with van der Waals surface area (Å²) in [5.74, 6) is -0.413. The summed E-state index contributed by atoms with van der Waals surface area (Å²) in [4.78, 5) is 11.7. The monoisotopic (exact) mass is 264 g/mol. The molecule has 0 aromatic heterocycles. The highest BCUT2D eigenvalue weighted by Crippen LogP contribution is 2.26. The van der Waals surface area contributed by atoms with Gasteiger partial charge in [0.2, 0.25) is 0 Å². The van der Waals surface area contributed by atoms with Crippen LogP contribution in [0.5, 0.6) is 0 Å². The van der Waals surface area contributed by atoms with Gasteiger partial charge in [-0.1, -0.05) is 32.3 Å². The SMILES string of the molecule is CCCCCCc1ccc(C(=O)OCC)c(N)c1N. The van der Waals surface area contributed by atoms with Crippen molar-refractivity contribution in [2.45, 2.75) is 46.0 Å². The van der Waals surface area contributed by atoms with E-state index >= 15 is 0 Å². The molecule has 0 saturated carbocycles. The molecule has 4 N–H and O–H groups in total. The first-order valence-corrected chi connectivity index (χ1v) is 6.95. The van der Waals surface area contributed by atoms with E-state index in [-0.39, 0.29) is 0 Å². The molecule has 0 radical (unpaired) electrons. The van der Waals surface area contributed by atoms with Gasteiger partial charge in [0.05, 0.1) is 23.5 Å². The minimum absolute atomic E-state index is 0.330. The van der Waals surface area contributed by atoms with Crippen LogP contribution in [0.1, 0.15) is 55.5 Å². The Labute approximate surface area is 115 Å². The number of nitrogens with two attached hydrogens (primary N) is 2. The fourth-order valence-electron chi connectivity index (χ4n) is 2.03. The molecular formula is C15H24N2O2. The molecule has 0 fully saturated rings. The lowest BCUT2D eigenvalue weighted by Crippen LogP contribution is -2.11. The fraction of sp³-hybridized carbons (Fsp3) is 0.533. The van der Waals surface area contributed by atoms with Crippen LogP contribution in [0.25, 0.3) is 0 Å². The second-order valence-electron chi connectivity index (χ2n) is 4.63. The summed E-state index contributed by atoms with van der Waals surface area (Å²) in [7, 11) is 0. The number of unbranched alkanes of at least 4 members (excludes halogenated alkanes) is 3. The van der Waals surface area contributed by atoms with Crippen molar-refractivity contribution in [3.05, 3.63) is 23.3 Å². The summed E-state index contributed by atoms with van der Waals surface area (Å²) in [5, 5.41) is 0. The Morgan fingerprint density at radius 2 is 1.84 bits per heavy atom. The molecule has 0 spiro atoms. The van der Waals surface area contributed by atoms with Crippen LogP contribution >= 0.6 is 0 Å². The Kier molecular flexibility index (Phi) is 6.19. The molecule has 0 heterocycles. The van der Waals surface area contributed by atoms with Gasteiger partial charge >= 0.3 is 5.97 Å². The normalized spacial score (nSPS) is 10.4. The Hall–Kier alpha value is -1.71. The van der Waals surface area contributed by atoms with Crippen molar-refractivity contribution >= 4 is 17.3 Å². The number of nitrogen functional groups attached to an aromatic ring is 2. The van der Waals surface area contributed by atoms with Gasteiger partial charge in [0.1, 0.15) is 0 Å². The van der Waals surface area contributed by atoms with E-state index in [4.69, 9.17) is 16.2 Å². The number of rotatable bonds is 7. The molecule has 0 aliphatic carbocycles. The second kappa shape index (κ2) is 7.67. The van der Waals surface area contributed by atoms with Crippen LogP contribution in [0.2, 0.25) is 0 Å². The molecule has 19 heavy (non-hydrogen) atoms. The quantitative estimate of drug-likeness (QED) is 0.450. The number of esters is 1. The van der Waals surface area contributed by atoms with E-state index in [1.807, 2.05) is 6.07 Å². The number of carbonyl (C=O) groups excluding carboxylic acids is 1. The van der Waals surface area contributed by atoms with Crippen LogP contribution in [0, 0.1) is 0 Å². The average Bonchev–Trinajstić information content (AvgIpc) is 2.39. The van der Waals surface area contributed by atoms with E-state index in [1.165, 1.54) is 19.3 Å². The number of hydrogen-bond acceptors (Lipinski definition) is 4. The first-order valence-electron chi connectivity index (χ1n) is 6.95. The molecule has 0 saturated heterocycles. The zero-order chi connectivity index (χ0) is 14.3. The van der Waals surface area contributed by atoms with Crippen molar-refractivity contribution in [2.75, 3.05) is 18.1 Å². The topological polar surface area (TPSA) is 78.3 Å². The summed E-state index contributed by atoms with van der Waals surface area (Å²) in [6.45, 7) is 4.27. The molecule has 106 valence electrons. The predicted octanol–water partition coefficient (Wildman–Crippen LogP) is 3.15. The third kappa shape index (κ3) is 4.16. The third-order valence-corrected chi connectivity index (χ3v) is 3.17. The Bertz CT molecular complexity index is 430. The number of ether oxygens (including phenoxy) is 1. The fourth-order valence-corrected chi connectivity index (χ4v) is 2.03. The Morgan fingerprint density at radius 1 is 1.11 bits per heavy atom. The summed E-state index contributed by atoms with van der Waals surface area (Å²) in [6, 6.07) is 3.59. The molecule has 1 rings (SSSR count). The average molecular weight is 264 g/mol. The van der Waals surface area contributed by atoms with Gasteiger partial charge in [-0.3, -0.25) is 0 Å². The zero-order valence-electron chi connectivity index (χ0n) is 11.9. The lowest BCUT2D eigenvalue weighted by Gasteiger charge is -2.12. The van der Waals surface area contributed by atoms with E-state index in [0.29, 0.717) is 23.5 Å². The molecule has 1 aromatic rings. The molecule has 1 aromatic carbocycles. The van der Waals surface area contributed by atoms with Crippen molar-refractivity contribution < 1.29 is 9.53 Å². The largest absolute Gasteiger partial charge is 0.462 e. The van der Waals surface area contributed by atoms with Crippen LogP contribution in [0.15, 0.2) is 12.1 Å². The highest BCUT2D eigenvalue weighted by atomic mass is 16.5. The molecule has 4 heteroatoms. The van der Waals surface area contributed by atoms with E-state index < -0.39 is 5.97 Å². The molecule has 0 bridgehead atoms. The number of benzene rings is 1. The summed E-state index contributed by atoms with van der Waals surface area (Å²) in [5.41, 5.74) is 14.1. The van der Waals surface area contributed by atoms with Crippen molar-refractivity contribution in [1.82, 2.24) is 0 Å². The first-order chi connectivity index (χ1) is 9.11. The molecule has 0 aliphatic rings. The minimum atomic E-state index is -0.413. The van der Waals surface area contributed by atoms with E-state index in [9.17, 15) is 4.79 Å². The lowest BCUT2D eigenvalue weighted by molar-refractivity contribution is 0.0527. The van der Waals surface area contributed by atoms with Crippen molar-refractivity contribution in [3.8, 4) is 0 Å². The van der Waals surface area contributed by atoms with Gasteiger partial charge in [0.25, 0.3) is 0 Å². The molecule has 4 nitrogen and oxygen atoms in total. The van der Waals surface area contributed by atoms with E-state index in [2.05, 4.69) is 6.92 Å². The smallest absolute Gasteiger partial charge is 0.340 e. The van der Waals surface area contributed by atoms with Gasteiger partial charge in [0, 0.05) is 0 Å². The van der Waals surface area contributed by atoms with E-state index in [0.717, 1.165) is 18.4 Å². The predicted molar refractivity (Wildman–Crippen MR) is 79.1 cm³/mol. The molecule has 0 aliphatic heterocycles. The zero-order valence-corrected chi connectivity index (χ0v) is 11.9. The van der Waals surface area contributed by atoms with Gasteiger partial charge < -0.3 is 16.2 Å². The Morgan fingerprint density at radius 3 is 2.47 bits per heavy atom. The van der Waals surface area contributed by atoms with Crippen LogP contribution in [-0.2, 0) is 11.2 Å². The summed E-state index contributed by atoms with van der Waals surface area (Å²) in [6.07, 6.45) is 5.63. The van der Waals surface area contributed by atoms with Gasteiger partial charge in [0.15, 0.2) is 0 Å². The highest BCUT2D eigenvalue weighted by molar-refractivity contribution is 5.98. The Balaban J connectivity index is 2.77. The molecule has 0 unspecified atom stereocenters. The maximum Gasteiger partial charge on any atom is 0.340 e. The van der Waals surface area contributed by atoms with Crippen LogP contribution in [0.3, 0.4) is 0 Å². The number of hydrogen-bond donors (Lipinski definition) is 2. The van der Waals surface area contributed by atoms with Gasteiger partial charge in [-0.2, -0.15) is 0 Å². The molecule has 0 atom stereocenters. The van der Waals surface area contributed by atoms with Crippen molar-refractivity contribution in [3.63, 3.8) is 0 Å². The molecule has 0 amide bonds. The maximum atomic E-state index is 11.7.